The van der Waals surface area contributed by atoms with Crippen molar-refractivity contribution in [3.05, 3.63) is 0 Å². The Balaban J connectivity index is 0.00000144. The highest BCUT2D eigenvalue weighted by molar-refractivity contribution is 5.85. The van der Waals surface area contributed by atoms with Gasteiger partial charge in [-0.2, -0.15) is 0 Å². The Bertz CT molecular complexity index is 226. The molecule has 0 aromatic carbocycles. The van der Waals surface area contributed by atoms with Gasteiger partial charge in [0.15, 0.2) is 0 Å². The fourth-order valence-corrected chi connectivity index (χ4v) is 2.27. The number of rotatable bonds is 4. The molecule has 0 unspecified atom stereocenters. The molecule has 0 atom stereocenters. The van der Waals surface area contributed by atoms with Gasteiger partial charge in [-0.15, -0.1) is 12.4 Å². The molecule has 17 heavy (non-hydrogen) atoms. The number of nitrogens with zero attached hydrogens (tertiary/aromatic N) is 1. The van der Waals surface area contributed by atoms with Crippen molar-refractivity contribution in [1.82, 2.24) is 15.5 Å². The van der Waals surface area contributed by atoms with Crippen molar-refractivity contribution in [2.24, 2.45) is 5.92 Å². The summed E-state index contributed by atoms with van der Waals surface area (Å²) in [4.78, 5) is 13.9. The van der Waals surface area contributed by atoms with Crippen LogP contribution in [0.25, 0.3) is 0 Å². The third kappa shape index (κ3) is 5.23. The van der Waals surface area contributed by atoms with Crippen LogP contribution in [0, 0.1) is 5.92 Å². The third-order valence-electron chi connectivity index (χ3n) is 3.61. The van der Waals surface area contributed by atoms with Crippen LogP contribution in [0.4, 0.5) is 0 Å². The maximum absolute atomic E-state index is 11.7. The zero-order chi connectivity index (χ0) is 11.2. The number of hydrogen-bond donors (Lipinski definition) is 2. The molecule has 1 aliphatic heterocycles. The molecule has 1 saturated carbocycles. The summed E-state index contributed by atoms with van der Waals surface area (Å²) in [6.07, 6.45) is 5.09. The lowest BCUT2D eigenvalue weighted by atomic mass is 9.85. The minimum atomic E-state index is 0. The molecule has 2 rings (SSSR count). The Morgan fingerprint density at radius 3 is 2.76 bits per heavy atom. The number of carbonyl (C=O) groups excluding carboxylic acids is 1. The van der Waals surface area contributed by atoms with Crippen molar-refractivity contribution in [2.45, 2.75) is 25.7 Å². The molecular formula is C12H24ClN3O. The van der Waals surface area contributed by atoms with Gasteiger partial charge in [0.1, 0.15) is 0 Å². The van der Waals surface area contributed by atoms with Crippen LogP contribution >= 0.6 is 12.4 Å². The molecule has 2 aliphatic rings. The quantitative estimate of drug-likeness (QED) is 0.780. The summed E-state index contributed by atoms with van der Waals surface area (Å²) in [6.45, 7) is 5.61. The van der Waals surface area contributed by atoms with Crippen molar-refractivity contribution >= 4 is 18.3 Å². The monoisotopic (exact) mass is 261 g/mol. The molecule has 0 bridgehead atoms. The van der Waals surface area contributed by atoms with E-state index in [-0.39, 0.29) is 18.3 Å². The van der Waals surface area contributed by atoms with Gasteiger partial charge in [0.2, 0.25) is 5.91 Å². The predicted octanol–water partition coefficient (Wildman–Crippen LogP) is 0.620. The summed E-state index contributed by atoms with van der Waals surface area (Å²) < 4.78 is 0. The molecule has 4 nitrogen and oxygen atoms in total. The lowest BCUT2D eigenvalue weighted by Crippen LogP contribution is -2.41. The maximum atomic E-state index is 11.7. The van der Waals surface area contributed by atoms with Gasteiger partial charge in [0.25, 0.3) is 0 Å². The number of amides is 1. The molecular weight excluding hydrogens is 238 g/mol. The minimum Gasteiger partial charge on any atom is -0.355 e. The van der Waals surface area contributed by atoms with E-state index >= 15 is 0 Å². The lowest BCUT2D eigenvalue weighted by molar-refractivity contribution is -0.122. The topological polar surface area (TPSA) is 44.4 Å². The summed E-state index contributed by atoms with van der Waals surface area (Å²) in [7, 11) is 0. The number of hydrogen-bond acceptors (Lipinski definition) is 3. The Kier molecular flexibility index (Phi) is 6.85. The standard InChI is InChI=1S/C12H23N3O.ClH/c16-12(14-9-11-3-1-4-11)10-15-7-2-5-13-6-8-15;/h11,13H,1-10H2,(H,14,16);1H. The highest BCUT2D eigenvalue weighted by Crippen LogP contribution is 2.24. The Labute approximate surface area is 110 Å². The molecule has 5 heteroatoms. The number of nitrogens with one attached hydrogen (secondary N) is 2. The Hall–Kier alpha value is -0.320. The predicted molar refractivity (Wildman–Crippen MR) is 71.5 cm³/mol. The zero-order valence-electron chi connectivity index (χ0n) is 10.4. The maximum Gasteiger partial charge on any atom is 0.234 e. The molecule has 2 fully saturated rings. The van der Waals surface area contributed by atoms with E-state index in [4.69, 9.17) is 0 Å². The molecule has 1 amide bonds. The van der Waals surface area contributed by atoms with Crippen LogP contribution in [-0.2, 0) is 4.79 Å². The first-order valence-electron chi connectivity index (χ1n) is 6.54. The fourth-order valence-electron chi connectivity index (χ4n) is 2.27. The van der Waals surface area contributed by atoms with E-state index in [1.54, 1.807) is 0 Å². The molecule has 100 valence electrons. The van der Waals surface area contributed by atoms with E-state index in [0.717, 1.165) is 45.1 Å². The summed E-state index contributed by atoms with van der Waals surface area (Å²) in [5, 5.41) is 6.40. The van der Waals surface area contributed by atoms with Gasteiger partial charge < -0.3 is 10.6 Å². The van der Waals surface area contributed by atoms with Crippen LogP contribution in [0.2, 0.25) is 0 Å². The van der Waals surface area contributed by atoms with Crippen molar-refractivity contribution in [3.8, 4) is 0 Å². The Morgan fingerprint density at radius 1 is 1.24 bits per heavy atom. The van der Waals surface area contributed by atoms with Crippen LogP contribution in [-0.4, -0.2) is 50.1 Å². The smallest absolute Gasteiger partial charge is 0.234 e. The molecule has 0 aromatic heterocycles. The highest BCUT2D eigenvalue weighted by Gasteiger charge is 2.18. The van der Waals surface area contributed by atoms with Crippen molar-refractivity contribution < 1.29 is 4.79 Å². The lowest BCUT2D eigenvalue weighted by Gasteiger charge is -2.26. The molecule has 1 aliphatic carbocycles. The largest absolute Gasteiger partial charge is 0.355 e. The van der Waals surface area contributed by atoms with Crippen LogP contribution in [0.15, 0.2) is 0 Å². The van der Waals surface area contributed by atoms with Gasteiger partial charge in [0.05, 0.1) is 6.54 Å². The zero-order valence-corrected chi connectivity index (χ0v) is 11.2. The average Bonchev–Trinajstić information content (AvgIpc) is 2.44. The minimum absolute atomic E-state index is 0. The second-order valence-corrected chi connectivity index (χ2v) is 4.98. The first-order valence-corrected chi connectivity index (χ1v) is 6.54. The molecule has 2 N–H and O–H groups in total. The van der Waals surface area contributed by atoms with E-state index in [0.29, 0.717) is 6.54 Å². The summed E-state index contributed by atoms with van der Waals surface area (Å²) in [5.74, 6) is 0.962. The van der Waals surface area contributed by atoms with Crippen LogP contribution < -0.4 is 10.6 Å². The SMILES string of the molecule is Cl.O=C(CN1CCCNCC1)NCC1CCC1. The van der Waals surface area contributed by atoms with Gasteiger partial charge >= 0.3 is 0 Å². The van der Waals surface area contributed by atoms with Crippen molar-refractivity contribution in [3.63, 3.8) is 0 Å². The van der Waals surface area contributed by atoms with E-state index < -0.39 is 0 Å². The van der Waals surface area contributed by atoms with Crippen LogP contribution in [0.1, 0.15) is 25.7 Å². The fraction of sp³-hybridized carbons (Fsp3) is 0.917. The van der Waals surface area contributed by atoms with Crippen LogP contribution in [0.5, 0.6) is 0 Å². The van der Waals surface area contributed by atoms with Gasteiger partial charge in [0, 0.05) is 19.6 Å². The van der Waals surface area contributed by atoms with E-state index in [2.05, 4.69) is 15.5 Å². The summed E-state index contributed by atoms with van der Waals surface area (Å²) >= 11 is 0. The average molecular weight is 262 g/mol. The Morgan fingerprint density at radius 2 is 2.06 bits per heavy atom. The van der Waals surface area contributed by atoms with Gasteiger partial charge in [-0.05, 0) is 38.3 Å². The van der Waals surface area contributed by atoms with Gasteiger partial charge in [-0.1, -0.05) is 6.42 Å². The first-order chi connectivity index (χ1) is 7.84. The normalized spacial score (nSPS) is 22.1. The third-order valence-corrected chi connectivity index (χ3v) is 3.61. The molecule has 1 saturated heterocycles. The molecule has 0 radical (unpaired) electrons. The van der Waals surface area contributed by atoms with E-state index in [1.807, 2.05) is 0 Å². The second kappa shape index (κ2) is 7.90. The molecule has 0 spiro atoms. The van der Waals surface area contributed by atoms with Crippen molar-refractivity contribution in [2.75, 3.05) is 39.3 Å². The second-order valence-electron chi connectivity index (χ2n) is 4.98. The van der Waals surface area contributed by atoms with Gasteiger partial charge in [-0.3, -0.25) is 9.69 Å². The molecule has 1 heterocycles. The highest BCUT2D eigenvalue weighted by atomic mass is 35.5. The van der Waals surface area contributed by atoms with Crippen molar-refractivity contribution in [1.29, 1.82) is 0 Å². The molecule has 0 aromatic rings. The van der Waals surface area contributed by atoms with E-state index in [1.165, 1.54) is 19.3 Å². The van der Waals surface area contributed by atoms with E-state index in [9.17, 15) is 4.79 Å². The number of halogens is 1. The summed E-state index contributed by atoms with van der Waals surface area (Å²) in [5.41, 5.74) is 0. The van der Waals surface area contributed by atoms with Crippen LogP contribution in [0.3, 0.4) is 0 Å². The first kappa shape index (κ1) is 14.7. The number of carbonyl (C=O) groups is 1. The van der Waals surface area contributed by atoms with Gasteiger partial charge in [-0.25, -0.2) is 0 Å². The summed E-state index contributed by atoms with van der Waals surface area (Å²) in [6, 6.07) is 0.